The minimum atomic E-state index is -3.38. The molecular formula is C29H35N3O6S. The van der Waals surface area contributed by atoms with Crippen LogP contribution in [0.1, 0.15) is 39.7 Å². The minimum absolute atomic E-state index is 0.301. The van der Waals surface area contributed by atoms with Crippen molar-refractivity contribution in [2.24, 2.45) is 0 Å². The van der Waals surface area contributed by atoms with E-state index in [1.54, 1.807) is 19.2 Å². The summed E-state index contributed by atoms with van der Waals surface area (Å²) in [4.78, 5) is 26.4. The number of nitrogens with one attached hydrogen (secondary N) is 2. The van der Waals surface area contributed by atoms with Crippen LogP contribution in [0.15, 0.2) is 70.4 Å². The number of aromatic amines is 1. The molecule has 0 spiro atoms. The van der Waals surface area contributed by atoms with Gasteiger partial charge in [0.15, 0.2) is 0 Å². The summed E-state index contributed by atoms with van der Waals surface area (Å²) in [5.74, 6) is 0.688. The Morgan fingerprint density at radius 2 is 1.64 bits per heavy atom. The molecule has 0 aliphatic rings. The summed E-state index contributed by atoms with van der Waals surface area (Å²) in [6, 6.07) is 16.2. The molecule has 4 aromatic rings. The monoisotopic (exact) mass is 553 g/mol. The molecule has 0 bridgehead atoms. The van der Waals surface area contributed by atoms with Crippen molar-refractivity contribution >= 4 is 26.5 Å². The number of methoxy groups -OCH3 is 1. The summed E-state index contributed by atoms with van der Waals surface area (Å²) in [7, 11) is -1.76. The number of aliphatic hydroxyl groups excluding tert-OH is 1. The zero-order chi connectivity index (χ0) is 29.0. The summed E-state index contributed by atoms with van der Waals surface area (Å²) in [6.07, 6.45) is 3.44. The van der Waals surface area contributed by atoms with E-state index in [2.05, 4.69) is 30.5 Å². The van der Waals surface area contributed by atoms with Gasteiger partial charge in [0, 0.05) is 35.7 Å². The van der Waals surface area contributed by atoms with E-state index in [9.17, 15) is 18.0 Å². The number of aliphatic hydroxyl groups is 1. The second-order valence-electron chi connectivity index (χ2n) is 10.2. The van der Waals surface area contributed by atoms with Gasteiger partial charge in [-0.2, -0.15) is 0 Å². The largest absolute Gasteiger partial charge is 0.496 e. The predicted molar refractivity (Wildman–Crippen MR) is 157 cm³/mol. The summed E-state index contributed by atoms with van der Waals surface area (Å²) in [6.45, 7) is 8.43. The number of hydrogen-bond donors (Lipinski definition) is 3. The van der Waals surface area contributed by atoms with E-state index in [4.69, 9.17) is 9.84 Å². The first-order valence-electron chi connectivity index (χ1n) is 12.4. The third-order valence-corrected chi connectivity index (χ3v) is 6.47. The zero-order valence-corrected chi connectivity index (χ0v) is 23.8. The highest BCUT2D eigenvalue weighted by molar-refractivity contribution is 7.92. The van der Waals surface area contributed by atoms with E-state index < -0.39 is 21.3 Å². The highest BCUT2D eigenvalue weighted by Gasteiger charge is 2.24. The lowest BCUT2D eigenvalue weighted by molar-refractivity contribution is 0.295. The third-order valence-electron chi connectivity index (χ3n) is 5.87. The first-order chi connectivity index (χ1) is 18.3. The van der Waals surface area contributed by atoms with Crippen LogP contribution in [0, 0.1) is 0 Å². The molecule has 9 nitrogen and oxygen atoms in total. The maximum Gasteiger partial charge on any atom is 0.332 e. The molecule has 0 amide bonds. The topological polar surface area (TPSA) is 130 Å². The number of H-pyrrole nitrogens is 1. The van der Waals surface area contributed by atoms with Crippen LogP contribution in [0.25, 0.3) is 27.6 Å². The lowest BCUT2D eigenvalue weighted by atomic mass is 9.83. The molecule has 0 atom stereocenters. The number of sulfonamides is 1. The van der Waals surface area contributed by atoms with Gasteiger partial charge >= 0.3 is 5.69 Å². The van der Waals surface area contributed by atoms with Crippen LogP contribution in [-0.4, -0.2) is 43.0 Å². The van der Waals surface area contributed by atoms with Crippen molar-refractivity contribution in [3.8, 4) is 22.6 Å². The van der Waals surface area contributed by atoms with Crippen LogP contribution < -0.4 is 20.7 Å². The highest BCUT2D eigenvalue weighted by atomic mass is 32.2. The normalized spacial score (nSPS) is 11.6. The van der Waals surface area contributed by atoms with Gasteiger partial charge in [0.1, 0.15) is 5.75 Å². The zero-order valence-electron chi connectivity index (χ0n) is 23.0. The molecule has 208 valence electrons. The smallest absolute Gasteiger partial charge is 0.332 e. The molecule has 1 heterocycles. The molecule has 4 rings (SSSR count). The van der Waals surface area contributed by atoms with Crippen LogP contribution in [0.3, 0.4) is 0 Å². The maximum absolute atomic E-state index is 12.5. The van der Waals surface area contributed by atoms with E-state index >= 15 is 0 Å². The van der Waals surface area contributed by atoms with Gasteiger partial charge in [0.05, 0.1) is 19.1 Å². The molecule has 3 aromatic carbocycles. The Labute approximate surface area is 228 Å². The predicted octanol–water partition coefficient (Wildman–Crippen LogP) is 4.41. The quantitative estimate of drug-likeness (QED) is 0.324. The summed E-state index contributed by atoms with van der Waals surface area (Å²) >= 11 is 0. The minimum Gasteiger partial charge on any atom is -0.496 e. The Morgan fingerprint density at radius 1 is 1.00 bits per heavy atom. The third kappa shape index (κ3) is 7.36. The molecular weight excluding hydrogens is 518 g/mol. The van der Waals surface area contributed by atoms with Crippen molar-refractivity contribution in [3.63, 3.8) is 0 Å². The molecule has 0 saturated carbocycles. The first kappa shape index (κ1) is 29.7. The number of hydrogen-bond acceptors (Lipinski definition) is 6. The Morgan fingerprint density at radius 3 is 2.21 bits per heavy atom. The fraction of sp³-hybridized carbons (Fsp3) is 0.310. The molecule has 0 unspecified atom stereocenters. The van der Waals surface area contributed by atoms with Crippen molar-refractivity contribution in [1.29, 1.82) is 0 Å². The Balaban J connectivity index is 0.000000983. The molecule has 0 saturated heterocycles. The van der Waals surface area contributed by atoms with Gasteiger partial charge in [-0.1, -0.05) is 45.9 Å². The Kier molecular flexibility index (Phi) is 9.03. The van der Waals surface area contributed by atoms with E-state index in [0.717, 1.165) is 40.1 Å². The van der Waals surface area contributed by atoms with Crippen molar-refractivity contribution in [3.05, 3.63) is 87.2 Å². The number of fused-ring (bicyclic) bond motifs is 1. The Hall–Kier alpha value is -3.89. The summed E-state index contributed by atoms with van der Waals surface area (Å²) in [5, 5.41) is 9.65. The van der Waals surface area contributed by atoms with Crippen LogP contribution in [0.4, 0.5) is 5.69 Å². The second kappa shape index (κ2) is 11.9. The van der Waals surface area contributed by atoms with Gasteiger partial charge in [0.25, 0.3) is 5.56 Å². The van der Waals surface area contributed by atoms with Crippen molar-refractivity contribution in [1.82, 2.24) is 9.55 Å². The molecule has 0 radical (unpaired) electrons. The van der Waals surface area contributed by atoms with Crippen LogP contribution >= 0.6 is 0 Å². The molecule has 0 fully saturated rings. The summed E-state index contributed by atoms with van der Waals surface area (Å²) in [5.41, 5.74) is 2.34. The van der Waals surface area contributed by atoms with E-state index in [1.165, 1.54) is 16.8 Å². The lowest BCUT2D eigenvalue weighted by Crippen LogP contribution is -2.27. The second-order valence-corrected chi connectivity index (χ2v) is 11.9. The average Bonchev–Trinajstić information content (AvgIpc) is 2.86. The van der Waals surface area contributed by atoms with E-state index in [0.29, 0.717) is 23.7 Å². The van der Waals surface area contributed by atoms with E-state index in [1.807, 2.05) is 43.3 Å². The number of aromatic nitrogens is 2. The fourth-order valence-electron chi connectivity index (χ4n) is 4.06. The summed E-state index contributed by atoms with van der Waals surface area (Å²) < 4.78 is 32.9. The van der Waals surface area contributed by atoms with Crippen LogP contribution in [0.2, 0.25) is 0 Å². The van der Waals surface area contributed by atoms with Gasteiger partial charge in [-0.05, 0) is 58.5 Å². The number of anilines is 1. The number of rotatable bonds is 6. The van der Waals surface area contributed by atoms with Crippen molar-refractivity contribution in [2.75, 3.05) is 24.7 Å². The van der Waals surface area contributed by atoms with Gasteiger partial charge in [-0.3, -0.25) is 19.1 Å². The Bertz CT molecular complexity index is 1700. The fourth-order valence-corrected chi connectivity index (χ4v) is 4.61. The SMILES string of the molecule is CCCO.COc1c(-c2ccc3cc(NS(C)(=O)=O)ccc3c2)cc(-n2ccc(=O)[nH]c2=O)cc1C(C)(C)C. The number of benzene rings is 3. The van der Waals surface area contributed by atoms with Gasteiger partial charge in [0.2, 0.25) is 10.0 Å². The van der Waals surface area contributed by atoms with Gasteiger partial charge in [-0.25, -0.2) is 13.2 Å². The van der Waals surface area contributed by atoms with Crippen LogP contribution in [-0.2, 0) is 15.4 Å². The van der Waals surface area contributed by atoms with E-state index in [-0.39, 0.29) is 5.41 Å². The maximum atomic E-state index is 12.5. The van der Waals surface area contributed by atoms with Crippen LogP contribution in [0.5, 0.6) is 5.75 Å². The standard InChI is InChI=1S/C26H27N3O5S.C3H8O/c1-26(2,3)22-15-20(29-11-10-23(30)27-25(29)31)14-21(24(22)34-4)18-7-6-17-13-19(28-35(5,32)33)9-8-16(17)12-18;1-2-3-4/h6-15,28H,1-5H3,(H,27,30,31);4H,2-3H2,1H3. The van der Waals surface area contributed by atoms with Gasteiger partial charge in [-0.15, -0.1) is 0 Å². The first-order valence-corrected chi connectivity index (χ1v) is 14.3. The molecule has 10 heteroatoms. The highest BCUT2D eigenvalue weighted by Crippen LogP contribution is 2.41. The lowest BCUT2D eigenvalue weighted by Gasteiger charge is -2.25. The number of nitrogens with zero attached hydrogens (tertiary/aromatic N) is 1. The van der Waals surface area contributed by atoms with Crippen molar-refractivity contribution < 1.29 is 18.3 Å². The molecule has 0 aliphatic carbocycles. The molecule has 39 heavy (non-hydrogen) atoms. The van der Waals surface area contributed by atoms with Crippen molar-refractivity contribution in [2.45, 2.75) is 39.5 Å². The van der Waals surface area contributed by atoms with Gasteiger partial charge < -0.3 is 9.84 Å². The number of ether oxygens (including phenoxy) is 1. The molecule has 3 N–H and O–H groups in total. The average molecular weight is 554 g/mol. The molecule has 1 aromatic heterocycles. The molecule has 0 aliphatic heterocycles.